The van der Waals surface area contributed by atoms with Gasteiger partial charge in [0.1, 0.15) is 19.8 Å². The van der Waals surface area contributed by atoms with E-state index in [1.807, 2.05) is 21.1 Å². The van der Waals surface area contributed by atoms with Crippen molar-refractivity contribution in [2.45, 2.75) is 200 Å². The number of phosphoric ester groups is 1. The van der Waals surface area contributed by atoms with Crippen LogP contribution in [0.5, 0.6) is 0 Å². The molecule has 1 unspecified atom stereocenters. The first kappa shape index (κ1) is 56.0. The summed E-state index contributed by atoms with van der Waals surface area (Å²) in [5.41, 5.74) is 0. The zero-order valence-electron chi connectivity index (χ0n) is 38.0. The van der Waals surface area contributed by atoms with Crippen molar-refractivity contribution in [3.8, 4) is 0 Å². The van der Waals surface area contributed by atoms with Crippen LogP contribution in [0.3, 0.4) is 0 Å². The van der Waals surface area contributed by atoms with Crippen LogP contribution in [0.4, 0.5) is 0 Å². The number of ether oxygens (including phenoxy) is 2. The van der Waals surface area contributed by atoms with Crippen molar-refractivity contribution in [1.82, 2.24) is 0 Å². The second kappa shape index (κ2) is 40.4. The molecule has 0 rings (SSSR count). The van der Waals surface area contributed by atoms with Crippen LogP contribution in [-0.4, -0.2) is 74.9 Å². The van der Waals surface area contributed by atoms with Gasteiger partial charge in [0.05, 0.1) is 27.7 Å². The number of rotatable bonds is 42. The number of quaternary nitrogens is 1. The number of likely N-dealkylation sites (N-methyl/N-ethyl adjacent to an activating group) is 1. The van der Waals surface area contributed by atoms with Crippen LogP contribution in [0.25, 0.3) is 0 Å². The first-order chi connectivity index (χ1) is 28.0. The summed E-state index contributed by atoms with van der Waals surface area (Å²) in [6.45, 7) is 4.35. The molecule has 0 radical (unpaired) electrons. The molecule has 0 aromatic carbocycles. The highest BCUT2D eigenvalue weighted by Crippen LogP contribution is 2.43. The third-order valence-electron chi connectivity index (χ3n) is 9.83. The molecule has 58 heavy (non-hydrogen) atoms. The maximum Gasteiger partial charge on any atom is 0.472 e. The third kappa shape index (κ3) is 43.5. The standard InChI is InChI=1S/C48H88NO8P/c1-6-8-10-12-14-16-18-20-22-23-24-25-27-28-30-32-34-36-38-40-47(50)54-44-46(45-56-58(52,53)55-43-42-49(3,4)5)57-48(51)41-39-37-35-33-31-29-26-21-19-17-15-13-11-9-7-2/h15,17,20-22,26,31,33,46H,6-14,16,18-19,23-25,27-30,32,34-45H2,1-5H3/p+1/b17-15+,22-20+,26-21+,33-31+/t46-/m1/s1. The Kier molecular flexibility index (Phi) is 39.0. The van der Waals surface area contributed by atoms with Gasteiger partial charge in [-0.1, -0.05) is 152 Å². The van der Waals surface area contributed by atoms with E-state index in [0.717, 1.165) is 51.4 Å². The van der Waals surface area contributed by atoms with Gasteiger partial charge in [0, 0.05) is 12.8 Å². The van der Waals surface area contributed by atoms with Crippen LogP contribution in [0.1, 0.15) is 194 Å². The molecule has 0 heterocycles. The average Bonchev–Trinajstić information content (AvgIpc) is 3.17. The largest absolute Gasteiger partial charge is 0.472 e. The van der Waals surface area contributed by atoms with Crippen molar-refractivity contribution in [3.63, 3.8) is 0 Å². The van der Waals surface area contributed by atoms with E-state index < -0.39 is 26.5 Å². The summed E-state index contributed by atoms with van der Waals surface area (Å²) in [6.07, 6.45) is 47.3. The summed E-state index contributed by atoms with van der Waals surface area (Å²) in [5.74, 6) is -0.845. The van der Waals surface area contributed by atoms with Gasteiger partial charge in [0.15, 0.2) is 6.10 Å². The summed E-state index contributed by atoms with van der Waals surface area (Å²) in [5, 5.41) is 0. The number of carbonyl (C=O) groups excluding carboxylic acids is 2. The van der Waals surface area contributed by atoms with Gasteiger partial charge in [-0.25, -0.2) is 4.57 Å². The van der Waals surface area contributed by atoms with Crippen LogP contribution in [0.15, 0.2) is 48.6 Å². The molecule has 2 atom stereocenters. The van der Waals surface area contributed by atoms with Gasteiger partial charge in [0.2, 0.25) is 0 Å². The molecule has 0 saturated heterocycles. The SMILES string of the molecule is CCCCC/C=C/C/C=C/C/C=C/CCCCC(=O)O[C@H](COC(=O)CCCCCCCCCCC/C=C/CCCCCCCC)COP(=O)(O)OCC[N+](C)(C)C. The van der Waals surface area contributed by atoms with Gasteiger partial charge < -0.3 is 18.9 Å². The highest BCUT2D eigenvalue weighted by molar-refractivity contribution is 7.47. The minimum absolute atomic E-state index is 0.0231. The van der Waals surface area contributed by atoms with Crippen molar-refractivity contribution in [3.05, 3.63) is 48.6 Å². The van der Waals surface area contributed by atoms with Crippen LogP contribution in [0, 0.1) is 0 Å². The minimum Gasteiger partial charge on any atom is -0.462 e. The molecule has 9 nitrogen and oxygen atoms in total. The van der Waals surface area contributed by atoms with Crippen LogP contribution >= 0.6 is 7.82 Å². The second-order valence-electron chi connectivity index (χ2n) is 16.8. The first-order valence-corrected chi connectivity index (χ1v) is 24.9. The molecule has 0 aliphatic carbocycles. The number of hydrogen-bond acceptors (Lipinski definition) is 7. The Morgan fingerprint density at radius 1 is 0.534 bits per heavy atom. The van der Waals surface area contributed by atoms with Crippen molar-refractivity contribution in [2.24, 2.45) is 0 Å². The van der Waals surface area contributed by atoms with Crippen LogP contribution < -0.4 is 0 Å². The monoisotopic (exact) mass is 839 g/mol. The van der Waals surface area contributed by atoms with Gasteiger partial charge >= 0.3 is 19.8 Å². The Hall–Kier alpha value is -2.03. The lowest BCUT2D eigenvalue weighted by Gasteiger charge is -2.24. The molecular weight excluding hydrogens is 750 g/mol. The Morgan fingerprint density at radius 2 is 0.931 bits per heavy atom. The molecule has 0 amide bonds. The van der Waals surface area contributed by atoms with Gasteiger partial charge in [-0.2, -0.15) is 0 Å². The van der Waals surface area contributed by atoms with E-state index in [2.05, 4.69) is 62.5 Å². The summed E-state index contributed by atoms with van der Waals surface area (Å²) >= 11 is 0. The lowest BCUT2D eigenvalue weighted by atomic mass is 10.1. The Bertz CT molecular complexity index is 1130. The van der Waals surface area contributed by atoms with Crippen molar-refractivity contribution in [1.29, 1.82) is 0 Å². The number of esters is 2. The van der Waals surface area contributed by atoms with E-state index in [4.69, 9.17) is 18.5 Å². The van der Waals surface area contributed by atoms with Crippen molar-refractivity contribution in [2.75, 3.05) is 47.5 Å². The number of phosphoric acid groups is 1. The van der Waals surface area contributed by atoms with Gasteiger partial charge in [-0.05, 0) is 77.0 Å². The highest BCUT2D eigenvalue weighted by Gasteiger charge is 2.27. The van der Waals surface area contributed by atoms with Crippen LogP contribution in [-0.2, 0) is 32.7 Å². The molecule has 10 heteroatoms. The van der Waals surface area contributed by atoms with E-state index in [0.29, 0.717) is 17.4 Å². The quantitative estimate of drug-likeness (QED) is 0.0213. The number of allylic oxidation sites excluding steroid dienone is 8. The Morgan fingerprint density at radius 3 is 1.47 bits per heavy atom. The minimum atomic E-state index is -4.39. The third-order valence-corrected chi connectivity index (χ3v) is 10.8. The summed E-state index contributed by atoms with van der Waals surface area (Å²) in [6, 6.07) is 0. The molecule has 0 spiro atoms. The van der Waals surface area contributed by atoms with Gasteiger partial charge in [-0.3, -0.25) is 18.6 Å². The number of hydrogen-bond donors (Lipinski definition) is 1. The van der Waals surface area contributed by atoms with E-state index in [1.54, 1.807) is 0 Å². The molecule has 0 aliphatic rings. The maximum absolute atomic E-state index is 12.7. The molecule has 0 saturated carbocycles. The molecule has 338 valence electrons. The van der Waals surface area contributed by atoms with Crippen molar-refractivity contribution >= 4 is 19.8 Å². The molecular formula is C48H89NO8P+. The van der Waals surface area contributed by atoms with E-state index in [1.165, 1.54) is 109 Å². The van der Waals surface area contributed by atoms with Crippen LogP contribution in [0.2, 0.25) is 0 Å². The predicted octanol–water partition coefficient (Wildman–Crippen LogP) is 13.5. The van der Waals surface area contributed by atoms with E-state index in [-0.39, 0.29) is 32.0 Å². The molecule has 0 fully saturated rings. The molecule has 0 aliphatic heterocycles. The number of carbonyl (C=O) groups is 2. The maximum atomic E-state index is 12.7. The van der Waals surface area contributed by atoms with Gasteiger partial charge in [0.25, 0.3) is 0 Å². The fourth-order valence-electron chi connectivity index (χ4n) is 6.13. The number of nitrogens with zero attached hydrogens (tertiary/aromatic N) is 1. The highest BCUT2D eigenvalue weighted by atomic mass is 31.2. The van der Waals surface area contributed by atoms with Gasteiger partial charge in [-0.15, -0.1) is 0 Å². The van der Waals surface area contributed by atoms with E-state index >= 15 is 0 Å². The zero-order chi connectivity index (χ0) is 42.8. The topological polar surface area (TPSA) is 108 Å². The van der Waals surface area contributed by atoms with E-state index in [9.17, 15) is 19.0 Å². The summed E-state index contributed by atoms with van der Waals surface area (Å²) in [4.78, 5) is 35.4. The Labute approximate surface area is 356 Å². The normalized spacial score (nSPS) is 14.0. The summed E-state index contributed by atoms with van der Waals surface area (Å²) in [7, 11) is 1.45. The molecule has 0 bridgehead atoms. The molecule has 1 N–H and O–H groups in total. The predicted molar refractivity (Wildman–Crippen MR) is 243 cm³/mol. The molecule has 0 aromatic heterocycles. The first-order valence-electron chi connectivity index (χ1n) is 23.4. The average molecular weight is 839 g/mol. The van der Waals surface area contributed by atoms with Crippen molar-refractivity contribution < 1.29 is 42.1 Å². The lowest BCUT2D eigenvalue weighted by Crippen LogP contribution is -2.37. The number of unbranched alkanes of at least 4 members (excludes halogenated alkanes) is 20. The smallest absolute Gasteiger partial charge is 0.462 e. The zero-order valence-corrected chi connectivity index (χ0v) is 38.9. The fraction of sp³-hybridized carbons (Fsp3) is 0.792. The molecule has 0 aromatic rings. The lowest BCUT2D eigenvalue weighted by molar-refractivity contribution is -0.870. The summed E-state index contributed by atoms with van der Waals surface area (Å²) < 4.78 is 34.3. The fourth-order valence-corrected chi connectivity index (χ4v) is 6.87. The Balaban J connectivity index is 4.36. The second-order valence-corrected chi connectivity index (χ2v) is 18.2.